The van der Waals surface area contributed by atoms with Crippen molar-refractivity contribution in [1.82, 2.24) is 9.80 Å². The molecule has 0 amide bonds. The number of hydrogen-bond donors (Lipinski definition) is 0. The fraction of sp³-hybridized carbons (Fsp3) is 0.944. The fourth-order valence-corrected chi connectivity index (χ4v) is 4.33. The van der Waals surface area contributed by atoms with Gasteiger partial charge in [-0.25, -0.2) is 0 Å². The van der Waals surface area contributed by atoms with E-state index < -0.39 is 0 Å². The molecule has 3 nitrogen and oxygen atoms in total. The second-order valence-electron chi connectivity index (χ2n) is 7.46. The Morgan fingerprint density at radius 1 is 1.14 bits per heavy atom. The molecular formula is C18H33N3. The Labute approximate surface area is 131 Å². The molecule has 1 saturated heterocycles. The van der Waals surface area contributed by atoms with Crippen molar-refractivity contribution in [3.63, 3.8) is 0 Å². The zero-order valence-corrected chi connectivity index (χ0v) is 14.2. The maximum atomic E-state index is 9.48. The molecule has 0 spiro atoms. The molecule has 1 aliphatic carbocycles. The lowest BCUT2D eigenvalue weighted by atomic mass is 9.76. The molecule has 0 aromatic carbocycles. The highest BCUT2D eigenvalue weighted by Gasteiger charge is 2.33. The lowest BCUT2D eigenvalue weighted by molar-refractivity contribution is 0.0903. The van der Waals surface area contributed by atoms with Gasteiger partial charge < -0.3 is 9.80 Å². The van der Waals surface area contributed by atoms with Gasteiger partial charge in [-0.2, -0.15) is 5.26 Å². The average molecular weight is 291 g/mol. The molecule has 2 rings (SSSR count). The number of hydrogen-bond acceptors (Lipinski definition) is 3. The van der Waals surface area contributed by atoms with Gasteiger partial charge in [0.05, 0.1) is 12.0 Å². The molecule has 1 heterocycles. The molecule has 0 bridgehead atoms. The Morgan fingerprint density at radius 3 is 2.48 bits per heavy atom. The van der Waals surface area contributed by atoms with Crippen LogP contribution in [0, 0.1) is 29.1 Å². The molecule has 3 heteroatoms. The van der Waals surface area contributed by atoms with Crippen LogP contribution in [-0.2, 0) is 0 Å². The van der Waals surface area contributed by atoms with Gasteiger partial charge in [-0.15, -0.1) is 0 Å². The Balaban J connectivity index is 1.88. The standard InChI is InChI=1S/C18H33N3/c1-4-5-15-6-7-17(13-19)18(12-15)21(3)14-16-8-10-20(2)11-9-16/h15-18H,4-12,14H2,1-3H3. The van der Waals surface area contributed by atoms with Crippen molar-refractivity contribution in [3.8, 4) is 6.07 Å². The summed E-state index contributed by atoms with van der Waals surface area (Å²) in [4.78, 5) is 4.97. The minimum atomic E-state index is 0.259. The van der Waals surface area contributed by atoms with Crippen molar-refractivity contribution >= 4 is 0 Å². The number of rotatable bonds is 5. The van der Waals surface area contributed by atoms with Crippen molar-refractivity contribution in [2.45, 2.75) is 57.9 Å². The minimum Gasteiger partial charge on any atom is -0.306 e. The van der Waals surface area contributed by atoms with Gasteiger partial charge >= 0.3 is 0 Å². The zero-order chi connectivity index (χ0) is 15.2. The maximum absolute atomic E-state index is 9.48. The third kappa shape index (κ3) is 4.69. The van der Waals surface area contributed by atoms with Gasteiger partial charge in [0.2, 0.25) is 0 Å². The predicted octanol–water partition coefficient (Wildman–Crippen LogP) is 3.37. The van der Waals surface area contributed by atoms with Crippen LogP contribution in [0.15, 0.2) is 0 Å². The van der Waals surface area contributed by atoms with Gasteiger partial charge in [0, 0.05) is 12.6 Å². The van der Waals surface area contributed by atoms with Crippen molar-refractivity contribution < 1.29 is 0 Å². The summed E-state index contributed by atoms with van der Waals surface area (Å²) in [6.07, 6.45) is 8.90. The van der Waals surface area contributed by atoms with Gasteiger partial charge in [0.15, 0.2) is 0 Å². The van der Waals surface area contributed by atoms with Crippen LogP contribution in [0.4, 0.5) is 0 Å². The van der Waals surface area contributed by atoms with Crippen LogP contribution in [0.1, 0.15) is 51.9 Å². The molecule has 2 fully saturated rings. The number of nitriles is 1. The molecule has 2 aliphatic rings. The first kappa shape index (κ1) is 16.8. The quantitative estimate of drug-likeness (QED) is 0.778. The first-order valence-electron chi connectivity index (χ1n) is 8.92. The molecule has 1 saturated carbocycles. The van der Waals surface area contributed by atoms with E-state index >= 15 is 0 Å². The van der Waals surface area contributed by atoms with Crippen LogP contribution >= 0.6 is 0 Å². The lowest BCUT2D eigenvalue weighted by Gasteiger charge is -2.41. The van der Waals surface area contributed by atoms with Gasteiger partial charge in [-0.3, -0.25) is 0 Å². The smallest absolute Gasteiger partial charge is 0.0672 e. The zero-order valence-electron chi connectivity index (χ0n) is 14.2. The Bertz CT molecular complexity index is 341. The molecule has 3 unspecified atom stereocenters. The predicted molar refractivity (Wildman–Crippen MR) is 88.0 cm³/mol. The van der Waals surface area contributed by atoms with Crippen LogP contribution in [0.3, 0.4) is 0 Å². The normalized spacial score (nSPS) is 32.2. The molecule has 1 aliphatic heterocycles. The van der Waals surface area contributed by atoms with Gasteiger partial charge in [-0.1, -0.05) is 19.8 Å². The van der Waals surface area contributed by atoms with E-state index in [1.165, 1.54) is 58.2 Å². The van der Waals surface area contributed by atoms with Crippen molar-refractivity contribution in [3.05, 3.63) is 0 Å². The largest absolute Gasteiger partial charge is 0.306 e. The first-order valence-corrected chi connectivity index (χ1v) is 8.92. The summed E-state index contributed by atoms with van der Waals surface area (Å²) >= 11 is 0. The summed E-state index contributed by atoms with van der Waals surface area (Å²) in [5.41, 5.74) is 0. The SMILES string of the molecule is CCCC1CCC(C#N)C(N(C)CC2CCN(C)CC2)C1. The topological polar surface area (TPSA) is 30.3 Å². The summed E-state index contributed by atoms with van der Waals surface area (Å²) in [6, 6.07) is 3.09. The summed E-state index contributed by atoms with van der Waals surface area (Å²) in [6.45, 7) is 5.95. The molecule has 3 atom stereocenters. The Morgan fingerprint density at radius 2 is 1.86 bits per heavy atom. The number of piperidine rings is 1. The highest BCUT2D eigenvalue weighted by molar-refractivity contribution is 4.97. The summed E-state index contributed by atoms with van der Waals surface area (Å²) < 4.78 is 0. The summed E-state index contributed by atoms with van der Waals surface area (Å²) in [7, 11) is 4.49. The van der Waals surface area contributed by atoms with E-state index in [0.717, 1.165) is 18.3 Å². The highest BCUT2D eigenvalue weighted by atomic mass is 15.1. The highest BCUT2D eigenvalue weighted by Crippen LogP contribution is 2.34. The second-order valence-corrected chi connectivity index (χ2v) is 7.46. The molecule has 0 N–H and O–H groups in total. The molecule has 0 aromatic heterocycles. The van der Waals surface area contributed by atoms with E-state index in [4.69, 9.17) is 0 Å². The molecule has 0 radical (unpaired) electrons. The third-order valence-electron chi connectivity index (χ3n) is 5.74. The second kappa shape index (κ2) is 8.15. The Kier molecular flexibility index (Phi) is 6.51. The van der Waals surface area contributed by atoms with E-state index in [9.17, 15) is 5.26 Å². The molecule has 0 aromatic rings. The van der Waals surface area contributed by atoms with Crippen LogP contribution in [0.25, 0.3) is 0 Å². The first-order chi connectivity index (χ1) is 10.1. The van der Waals surface area contributed by atoms with Crippen LogP contribution in [0.5, 0.6) is 0 Å². The number of nitrogens with zero attached hydrogens (tertiary/aromatic N) is 3. The lowest BCUT2D eigenvalue weighted by Crippen LogP contribution is -2.45. The summed E-state index contributed by atoms with van der Waals surface area (Å²) in [5, 5.41) is 9.48. The Hall–Kier alpha value is -0.590. The fourth-order valence-electron chi connectivity index (χ4n) is 4.33. The van der Waals surface area contributed by atoms with E-state index in [0.29, 0.717) is 6.04 Å². The molecular weight excluding hydrogens is 258 g/mol. The molecule has 21 heavy (non-hydrogen) atoms. The minimum absolute atomic E-state index is 0.259. The van der Waals surface area contributed by atoms with Crippen molar-refractivity contribution in [2.24, 2.45) is 17.8 Å². The van der Waals surface area contributed by atoms with Crippen LogP contribution < -0.4 is 0 Å². The van der Waals surface area contributed by atoms with E-state index in [-0.39, 0.29) is 5.92 Å². The van der Waals surface area contributed by atoms with Gasteiger partial charge in [-0.05, 0) is 71.1 Å². The third-order valence-corrected chi connectivity index (χ3v) is 5.74. The number of likely N-dealkylation sites (tertiary alicyclic amines) is 1. The monoisotopic (exact) mass is 291 g/mol. The molecule has 120 valence electrons. The van der Waals surface area contributed by atoms with Gasteiger partial charge in [0.1, 0.15) is 0 Å². The van der Waals surface area contributed by atoms with E-state index in [2.05, 4.69) is 36.9 Å². The van der Waals surface area contributed by atoms with Crippen molar-refractivity contribution in [2.75, 3.05) is 33.7 Å². The maximum Gasteiger partial charge on any atom is 0.0672 e. The van der Waals surface area contributed by atoms with E-state index in [1.54, 1.807) is 0 Å². The van der Waals surface area contributed by atoms with Crippen LogP contribution in [-0.4, -0.2) is 49.6 Å². The summed E-state index contributed by atoms with van der Waals surface area (Å²) in [5.74, 6) is 1.94. The van der Waals surface area contributed by atoms with Crippen molar-refractivity contribution in [1.29, 1.82) is 5.26 Å². The van der Waals surface area contributed by atoms with E-state index in [1.807, 2.05) is 0 Å². The van der Waals surface area contributed by atoms with Gasteiger partial charge in [0.25, 0.3) is 0 Å². The van der Waals surface area contributed by atoms with Crippen LogP contribution in [0.2, 0.25) is 0 Å². The average Bonchev–Trinajstić information content (AvgIpc) is 2.50.